The topological polar surface area (TPSA) is 116 Å². The second-order valence-corrected chi connectivity index (χ2v) is 4.07. The maximum Gasteiger partial charge on any atom is 0.326 e. The molecule has 3 N–H and O–H groups in total. The lowest BCUT2D eigenvalue weighted by Gasteiger charge is -2.31. The number of ether oxygens (including phenoxy) is 1. The summed E-state index contributed by atoms with van der Waals surface area (Å²) in [5.74, 6) is -2.65. The van der Waals surface area contributed by atoms with Gasteiger partial charge in [0.05, 0.1) is 19.1 Å². The van der Waals surface area contributed by atoms with Crippen LogP contribution in [0.25, 0.3) is 0 Å². The molecular formula is C10H16N2O6. The molecule has 0 aromatic carbocycles. The van der Waals surface area contributed by atoms with E-state index in [1.165, 1.54) is 4.90 Å². The molecule has 0 aromatic rings. The summed E-state index contributed by atoms with van der Waals surface area (Å²) in [6, 6.07) is -2.01. The number of morpholine rings is 1. The fourth-order valence-corrected chi connectivity index (χ4v) is 1.62. The summed E-state index contributed by atoms with van der Waals surface area (Å²) in [6.45, 7) is 2.89. The molecule has 1 heterocycles. The van der Waals surface area contributed by atoms with Crippen molar-refractivity contribution >= 4 is 18.0 Å². The van der Waals surface area contributed by atoms with Gasteiger partial charge < -0.3 is 25.2 Å². The fourth-order valence-electron chi connectivity index (χ4n) is 1.62. The Morgan fingerprint density at radius 1 is 1.44 bits per heavy atom. The number of amides is 2. The van der Waals surface area contributed by atoms with E-state index in [0.29, 0.717) is 19.7 Å². The van der Waals surface area contributed by atoms with Gasteiger partial charge in [-0.2, -0.15) is 0 Å². The van der Waals surface area contributed by atoms with Crippen LogP contribution in [-0.2, 0) is 14.3 Å². The Bertz CT molecular complexity index is 345. The predicted octanol–water partition coefficient (Wildman–Crippen LogP) is -0.655. The van der Waals surface area contributed by atoms with Crippen LogP contribution in [0.2, 0.25) is 0 Å². The van der Waals surface area contributed by atoms with Gasteiger partial charge in [-0.3, -0.25) is 4.79 Å². The molecule has 0 radical (unpaired) electrons. The van der Waals surface area contributed by atoms with Crippen LogP contribution in [0.3, 0.4) is 0 Å². The van der Waals surface area contributed by atoms with Crippen molar-refractivity contribution in [2.45, 2.75) is 25.5 Å². The molecule has 1 fully saturated rings. The standard InChI is InChI=1S/C10H16N2O6/c1-6-5-12(2-3-18-6)10(17)11-7(9(15)16)4-8(13)14/h6-7H,2-5H2,1H3,(H,11,17)(H,13,14)(H,15,16). The van der Waals surface area contributed by atoms with Crippen LogP contribution >= 0.6 is 0 Å². The molecule has 0 aromatic heterocycles. The fraction of sp³-hybridized carbons (Fsp3) is 0.700. The first kappa shape index (κ1) is 14.2. The summed E-state index contributed by atoms with van der Waals surface area (Å²) < 4.78 is 5.24. The van der Waals surface area contributed by atoms with Gasteiger partial charge in [0, 0.05) is 13.1 Å². The van der Waals surface area contributed by atoms with Crippen LogP contribution in [0.4, 0.5) is 4.79 Å². The van der Waals surface area contributed by atoms with Crippen molar-refractivity contribution in [3.63, 3.8) is 0 Å². The highest BCUT2D eigenvalue weighted by molar-refractivity contribution is 5.86. The number of nitrogens with one attached hydrogen (secondary N) is 1. The first-order valence-electron chi connectivity index (χ1n) is 5.51. The number of hydrogen-bond donors (Lipinski definition) is 3. The molecule has 2 atom stereocenters. The van der Waals surface area contributed by atoms with Crippen molar-refractivity contribution in [2.24, 2.45) is 0 Å². The first-order valence-corrected chi connectivity index (χ1v) is 5.51. The molecule has 1 aliphatic heterocycles. The van der Waals surface area contributed by atoms with Crippen LogP contribution in [0.15, 0.2) is 0 Å². The maximum atomic E-state index is 11.7. The predicted molar refractivity (Wildman–Crippen MR) is 59.2 cm³/mol. The molecule has 0 saturated carbocycles. The minimum absolute atomic E-state index is 0.118. The molecule has 8 heteroatoms. The van der Waals surface area contributed by atoms with Gasteiger partial charge in [-0.15, -0.1) is 0 Å². The zero-order valence-electron chi connectivity index (χ0n) is 9.96. The van der Waals surface area contributed by atoms with E-state index in [2.05, 4.69) is 5.32 Å². The molecule has 0 bridgehead atoms. The second kappa shape index (κ2) is 6.20. The van der Waals surface area contributed by atoms with Gasteiger partial charge in [0.2, 0.25) is 0 Å². The summed E-state index contributed by atoms with van der Waals surface area (Å²) in [5, 5.41) is 19.5. The van der Waals surface area contributed by atoms with Crippen LogP contribution in [0, 0.1) is 0 Å². The van der Waals surface area contributed by atoms with Crippen LogP contribution in [-0.4, -0.2) is 64.9 Å². The number of carboxylic acid groups (broad SMARTS) is 2. The van der Waals surface area contributed by atoms with Crippen molar-refractivity contribution in [3.8, 4) is 0 Å². The Labute approximate surface area is 104 Å². The monoisotopic (exact) mass is 260 g/mol. The van der Waals surface area contributed by atoms with E-state index in [-0.39, 0.29) is 6.10 Å². The number of carbonyl (C=O) groups is 3. The Kier molecular flexibility index (Phi) is 4.90. The molecule has 102 valence electrons. The summed E-state index contributed by atoms with van der Waals surface area (Å²) in [4.78, 5) is 34.4. The van der Waals surface area contributed by atoms with E-state index in [9.17, 15) is 14.4 Å². The molecule has 2 unspecified atom stereocenters. The number of aliphatic carboxylic acids is 2. The lowest BCUT2D eigenvalue weighted by atomic mass is 10.2. The van der Waals surface area contributed by atoms with Crippen LogP contribution in [0.5, 0.6) is 0 Å². The Balaban J connectivity index is 2.54. The third-order valence-electron chi connectivity index (χ3n) is 2.50. The quantitative estimate of drug-likeness (QED) is 0.618. The average molecular weight is 260 g/mol. The molecule has 0 aliphatic carbocycles. The molecule has 8 nitrogen and oxygen atoms in total. The van der Waals surface area contributed by atoms with E-state index in [1.807, 2.05) is 0 Å². The van der Waals surface area contributed by atoms with Gasteiger partial charge in [0.25, 0.3) is 0 Å². The summed E-state index contributed by atoms with van der Waals surface area (Å²) in [5.41, 5.74) is 0. The summed E-state index contributed by atoms with van der Waals surface area (Å²) in [7, 11) is 0. The Hall–Kier alpha value is -1.83. The van der Waals surface area contributed by atoms with Crippen LogP contribution in [0.1, 0.15) is 13.3 Å². The number of carboxylic acids is 2. The number of rotatable bonds is 4. The number of carbonyl (C=O) groups excluding carboxylic acids is 1. The lowest BCUT2D eigenvalue weighted by molar-refractivity contribution is -0.145. The lowest BCUT2D eigenvalue weighted by Crippen LogP contribution is -2.53. The summed E-state index contributed by atoms with van der Waals surface area (Å²) in [6.07, 6.45) is -0.770. The van der Waals surface area contributed by atoms with Gasteiger partial charge in [0.1, 0.15) is 6.04 Å². The van der Waals surface area contributed by atoms with Crippen LogP contribution < -0.4 is 5.32 Å². The van der Waals surface area contributed by atoms with Crippen molar-refractivity contribution < 1.29 is 29.3 Å². The van der Waals surface area contributed by atoms with E-state index < -0.39 is 30.4 Å². The van der Waals surface area contributed by atoms with Gasteiger partial charge in [0.15, 0.2) is 0 Å². The first-order chi connectivity index (χ1) is 8.40. The second-order valence-electron chi connectivity index (χ2n) is 4.07. The van der Waals surface area contributed by atoms with E-state index >= 15 is 0 Å². The molecular weight excluding hydrogens is 244 g/mol. The van der Waals surface area contributed by atoms with Crippen molar-refractivity contribution in [3.05, 3.63) is 0 Å². The van der Waals surface area contributed by atoms with Gasteiger partial charge in [-0.1, -0.05) is 0 Å². The Morgan fingerprint density at radius 3 is 2.61 bits per heavy atom. The average Bonchev–Trinajstić information content (AvgIpc) is 2.27. The highest BCUT2D eigenvalue weighted by Crippen LogP contribution is 2.05. The number of urea groups is 1. The van der Waals surface area contributed by atoms with Gasteiger partial charge in [-0.25, -0.2) is 9.59 Å². The third-order valence-corrected chi connectivity index (χ3v) is 2.50. The molecule has 1 saturated heterocycles. The zero-order chi connectivity index (χ0) is 13.7. The minimum Gasteiger partial charge on any atom is -0.481 e. The van der Waals surface area contributed by atoms with E-state index in [1.54, 1.807) is 6.92 Å². The Morgan fingerprint density at radius 2 is 2.11 bits per heavy atom. The largest absolute Gasteiger partial charge is 0.481 e. The molecule has 1 aliphatic rings. The van der Waals surface area contributed by atoms with E-state index in [0.717, 1.165) is 0 Å². The van der Waals surface area contributed by atoms with Crippen molar-refractivity contribution in [2.75, 3.05) is 19.7 Å². The SMILES string of the molecule is CC1CN(C(=O)NC(CC(=O)O)C(=O)O)CCO1. The van der Waals surface area contributed by atoms with Crippen molar-refractivity contribution in [1.82, 2.24) is 10.2 Å². The normalized spacial score (nSPS) is 21.2. The minimum atomic E-state index is -1.42. The van der Waals surface area contributed by atoms with Crippen molar-refractivity contribution in [1.29, 1.82) is 0 Å². The van der Waals surface area contributed by atoms with Gasteiger partial charge in [-0.05, 0) is 6.92 Å². The highest BCUT2D eigenvalue weighted by Gasteiger charge is 2.27. The highest BCUT2D eigenvalue weighted by atomic mass is 16.5. The maximum absolute atomic E-state index is 11.7. The molecule has 1 rings (SSSR count). The smallest absolute Gasteiger partial charge is 0.326 e. The molecule has 18 heavy (non-hydrogen) atoms. The number of hydrogen-bond acceptors (Lipinski definition) is 4. The summed E-state index contributed by atoms with van der Waals surface area (Å²) >= 11 is 0. The zero-order valence-corrected chi connectivity index (χ0v) is 9.96. The third kappa shape index (κ3) is 4.21. The molecule has 0 spiro atoms. The van der Waals surface area contributed by atoms with E-state index in [4.69, 9.17) is 14.9 Å². The van der Waals surface area contributed by atoms with Gasteiger partial charge >= 0.3 is 18.0 Å². The number of nitrogens with zero attached hydrogens (tertiary/aromatic N) is 1. The molecule has 2 amide bonds.